The second-order valence-corrected chi connectivity index (χ2v) is 4.19. The second kappa shape index (κ2) is 5.70. The lowest BCUT2D eigenvalue weighted by molar-refractivity contribution is 0.577. The monoisotopic (exact) mass is 230 g/mol. The summed E-state index contributed by atoms with van der Waals surface area (Å²) in [7, 11) is 0. The van der Waals surface area contributed by atoms with E-state index in [9.17, 15) is 8.78 Å². The molecule has 0 amide bonds. The third kappa shape index (κ3) is 4.29. The van der Waals surface area contributed by atoms with Crippen LogP contribution in [0.15, 0.2) is 23.1 Å². The van der Waals surface area contributed by atoms with E-state index in [1.165, 1.54) is 17.8 Å². The maximum absolute atomic E-state index is 13.1. The first-order valence-electron chi connectivity index (χ1n) is 4.50. The molecule has 0 aliphatic heterocycles. The molecule has 0 unspecified atom stereocenters. The predicted octanol–water partition coefficient (Wildman–Crippen LogP) is 2.77. The zero-order valence-electron chi connectivity index (χ0n) is 8.09. The molecule has 5 heteroatoms. The Morgan fingerprint density at radius 3 is 2.80 bits per heavy atom. The van der Waals surface area contributed by atoms with Gasteiger partial charge < -0.3 is 5.73 Å². The second-order valence-electron chi connectivity index (χ2n) is 3.05. The summed E-state index contributed by atoms with van der Waals surface area (Å²) in [5, 5.41) is 6.99. The molecule has 1 aromatic carbocycles. The van der Waals surface area contributed by atoms with Crippen LogP contribution < -0.4 is 5.73 Å². The van der Waals surface area contributed by atoms with E-state index < -0.39 is 11.6 Å². The van der Waals surface area contributed by atoms with Gasteiger partial charge in [-0.2, -0.15) is 0 Å². The maximum atomic E-state index is 13.1. The lowest BCUT2D eigenvalue weighted by atomic mass is 10.3. The Morgan fingerprint density at radius 2 is 2.13 bits per heavy atom. The van der Waals surface area contributed by atoms with Crippen LogP contribution in [0.1, 0.15) is 12.8 Å². The van der Waals surface area contributed by atoms with Crippen LogP contribution in [0.25, 0.3) is 0 Å². The van der Waals surface area contributed by atoms with E-state index in [0.29, 0.717) is 23.5 Å². The number of amidine groups is 1. The van der Waals surface area contributed by atoms with E-state index >= 15 is 0 Å². The molecule has 3 N–H and O–H groups in total. The van der Waals surface area contributed by atoms with Crippen LogP contribution >= 0.6 is 11.8 Å². The van der Waals surface area contributed by atoms with Crippen molar-refractivity contribution in [1.29, 1.82) is 5.41 Å². The van der Waals surface area contributed by atoms with Crippen LogP contribution in [-0.4, -0.2) is 11.6 Å². The van der Waals surface area contributed by atoms with Gasteiger partial charge in [-0.3, -0.25) is 5.41 Å². The summed E-state index contributed by atoms with van der Waals surface area (Å²) < 4.78 is 25.9. The Balaban J connectivity index is 2.43. The molecular weight excluding hydrogens is 218 g/mol. The molecule has 0 saturated carbocycles. The number of halogens is 2. The molecule has 0 fully saturated rings. The van der Waals surface area contributed by atoms with Gasteiger partial charge in [0.1, 0.15) is 11.6 Å². The van der Waals surface area contributed by atoms with Gasteiger partial charge in [0.15, 0.2) is 0 Å². The molecule has 0 heterocycles. The smallest absolute Gasteiger partial charge is 0.136 e. The van der Waals surface area contributed by atoms with Crippen molar-refractivity contribution < 1.29 is 8.78 Å². The summed E-state index contributed by atoms with van der Waals surface area (Å²) >= 11 is 1.24. The number of nitrogens with one attached hydrogen (secondary N) is 1. The molecule has 0 aliphatic carbocycles. The molecule has 0 aliphatic rings. The van der Waals surface area contributed by atoms with Crippen molar-refractivity contribution in [2.45, 2.75) is 17.7 Å². The minimum Gasteiger partial charge on any atom is -0.388 e. The summed E-state index contributed by atoms with van der Waals surface area (Å²) in [5.41, 5.74) is 5.17. The third-order valence-corrected chi connectivity index (χ3v) is 2.86. The first-order chi connectivity index (χ1) is 7.09. The van der Waals surface area contributed by atoms with Crippen LogP contribution in [0, 0.1) is 17.0 Å². The molecule has 15 heavy (non-hydrogen) atoms. The molecule has 0 atom stereocenters. The van der Waals surface area contributed by atoms with Gasteiger partial charge in [-0.05, 0) is 30.4 Å². The highest BCUT2D eigenvalue weighted by atomic mass is 32.2. The summed E-state index contributed by atoms with van der Waals surface area (Å²) in [6.45, 7) is 0. The Kier molecular flexibility index (Phi) is 4.55. The van der Waals surface area contributed by atoms with E-state index in [-0.39, 0.29) is 5.84 Å². The summed E-state index contributed by atoms with van der Waals surface area (Å²) in [6, 6.07) is 3.38. The SMILES string of the molecule is N=C(N)CCCSc1cc(F)ccc1F. The van der Waals surface area contributed by atoms with E-state index in [4.69, 9.17) is 11.1 Å². The van der Waals surface area contributed by atoms with Crippen LogP contribution in [0.4, 0.5) is 8.78 Å². The Morgan fingerprint density at radius 1 is 1.40 bits per heavy atom. The van der Waals surface area contributed by atoms with Crippen molar-refractivity contribution >= 4 is 17.6 Å². The molecule has 0 radical (unpaired) electrons. The zero-order valence-corrected chi connectivity index (χ0v) is 8.91. The van der Waals surface area contributed by atoms with Crippen molar-refractivity contribution in [3.63, 3.8) is 0 Å². The summed E-state index contributed by atoms with van der Waals surface area (Å²) in [4.78, 5) is 0.304. The first-order valence-corrected chi connectivity index (χ1v) is 5.49. The Hall–Kier alpha value is -1.10. The van der Waals surface area contributed by atoms with Gasteiger partial charge in [-0.15, -0.1) is 11.8 Å². The van der Waals surface area contributed by atoms with E-state index in [2.05, 4.69) is 0 Å². The molecule has 0 bridgehead atoms. The van der Waals surface area contributed by atoms with Crippen molar-refractivity contribution in [2.24, 2.45) is 5.73 Å². The average Bonchev–Trinajstić information content (AvgIpc) is 2.17. The maximum Gasteiger partial charge on any atom is 0.136 e. The minimum atomic E-state index is -0.439. The Bertz CT molecular complexity index is 355. The fraction of sp³-hybridized carbons (Fsp3) is 0.300. The summed E-state index contributed by atoms with van der Waals surface area (Å²) in [6.07, 6.45) is 1.18. The van der Waals surface area contributed by atoms with Crippen LogP contribution in [0.5, 0.6) is 0 Å². The third-order valence-electron chi connectivity index (χ3n) is 1.74. The molecule has 1 aromatic rings. The number of hydrogen-bond donors (Lipinski definition) is 2. The van der Waals surface area contributed by atoms with Gasteiger partial charge >= 0.3 is 0 Å². The van der Waals surface area contributed by atoms with E-state index in [1.54, 1.807) is 0 Å². The first kappa shape index (κ1) is 12.0. The Labute approximate surface area is 91.4 Å². The zero-order chi connectivity index (χ0) is 11.3. The number of benzene rings is 1. The number of nitrogens with two attached hydrogens (primary N) is 1. The van der Waals surface area contributed by atoms with Crippen LogP contribution in [-0.2, 0) is 0 Å². The highest BCUT2D eigenvalue weighted by molar-refractivity contribution is 7.99. The molecule has 2 nitrogen and oxygen atoms in total. The van der Waals surface area contributed by atoms with E-state index in [1.807, 2.05) is 0 Å². The highest BCUT2D eigenvalue weighted by Gasteiger charge is 2.04. The molecule has 0 saturated heterocycles. The van der Waals surface area contributed by atoms with Crippen molar-refractivity contribution in [3.8, 4) is 0 Å². The van der Waals surface area contributed by atoms with Gasteiger partial charge in [0.2, 0.25) is 0 Å². The molecule has 0 aromatic heterocycles. The normalized spacial score (nSPS) is 10.3. The number of rotatable bonds is 5. The highest BCUT2D eigenvalue weighted by Crippen LogP contribution is 2.23. The van der Waals surface area contributed by atoms with Gasteiger partial charge in [0.25, 0.3) is 0 Å². The summed E-state index contributed by atoms with van der Waals surface area (Å²) in [5.74, 6) is -0.107. The predicted molar refractivity (Wildman–Crippen MR) is 58.2 cm³/mol. The topological polar surface area (TPSA) is 49.9 Å². The largest absolute Gasteiger partial charge is 0.388 e. The van der Waals surface area contributed by atoms with Gasteiger partial charge in [-0.25, -0.2) is 8.78 Å². The average molecular weight is 230 g/mol. The van der Waals surface area contributed by atoms with Crippen LogP contribution in [0.3, 0.4) is 0 Å². The van der Waals surface area contributed by atoms with Crippen molar-refractivity contribution in [3.05, 3.63) is 29.8 Å². The van der Waals surface area contributed by atoms with Crippen LogP contribution in [0.2, 0.25) is 0 Å². The fourth-order valence-electron chi connectivity index (χ4n) is 1.03. The van der Waals surface area contributed by atoms with Gasteiger partial charge in [0.05, 0.1) is 5.84 Å². The molecule has 1 rings (SSSR count). The minimum absolute atomic E-state index is 0.121. The van der Waals surface area contributed by atoms with Gasteiger partial charge in [0, 0.05) is 11.3 Å². The van der Waals surface area contributed by atoms with Gasteiger partial charge in [-0.1, -0.05) is 0 Å². The lowest BCUT2D eigenvalue weighted by Crippen LogP contribution is -2.08. The van der Waals surface area contributed by atoms with Crippen molar-refractivity contribution in [2.75, 3.05) is 5.75 Å². The number of thioether (sulfide) groups is 1. The quantitative estimate of drug-likeness (QED) is 0.353. The lowest BCUT2D eigenvalue weighted by Gasteiger charge is -2.02. The molecular formula is C10H12F2N2S. The fourth-order valence-corrected chi connectivity index (χ4v) is 1.94. The van der Waals surface area contributed by atoms with Crippen molar-refractivity contribution in [1.82, 2.24) is 0 Å². The van der Waals surface area contributed by atoms with E-state index in [0.717, 1.165) is 12.1 Å². The molecule has 0 spiro atoms. The standard InChI is InChI=1S/C10H12F2N2S/c11-7-3-4-8(12)9(6-7)15-5-1-2-10(13)14/h3-4,6H,1-2,5H2,(H3,13,14). The molecule has 82 valence electrons. The number of hydrogen-bond acceptors (Lipinski definition) is 2.